The smallest absolute Gasteiger partial charge is 0.190 e. The van der Waals surface area contributed by atoms with Crippen LogP contribution in [0.1, 0.15) is 25.5 Å². The molecule has 0 aromatic heterocycles. The zero-order valence-corrected chi connectivity index (χ0v) is 9.92. The highest BCUT2D eigenvalue weighted by Gasteiger charge is 2.39. The third-order valence-corrected chi connectivity index (χ3v) is 2.72. The molecule has 2 atom stereocenters. The number of aliphatic hydroxyl groups excluding tert-OH is 1. The predicted molar refractivity (Wildman–Crippen MR) is 61.3 cm³/mol. The van der Waals surface area contributed by atoms with E-state index in [-0.39, 0.29) is 12.4 Å². The van der Waals surface area contributed by atoms with E-state index in [0.29, 0.717) is 5.56 Å². The van der Waals surface area contributed by atoms with Crippen LogP contribution in [0, 0.1) is 0 Å². The van der Waals surface area contributed by atoms with Crippen molar-refractivity contribution in [2.24, 2.45) is 0 Å². The normalized spacial score (nSPS) is 25.6. The first-order valence-corrected chi connectivity index (χ1v) is 5.57. The third-order valence-electron chi connectivity index (χ3n) is 2.72. The summed E-state index contributed by atoms with van der Waals surface area (Å²) in [7, 11) is 0. The van der Waals surface area contributed by atoms with Crippen molar-refractivity contribution in [3.05, 3.63) is 35.9 Å². The van der Waals surface area contributed by atoms with Crippen LogP contribution in [-0.2, 0) is 14.3 Å². The molecular weight excluding hydrogens is 220 g/mol. The Kier molecular flexibility index (Phi) is 3.28. The first kappa shape index (κ1) is 12.2. The lowest BCUT2D eigenvalue weighted by atomic mass is 10.0. The summed E-state index contributed by atoms with van der Waals surface area (Å²) in [5, 5.41) is 10.1. The van der Waals surface area contributed by atoms with E-state index in [0.717, 1.165) is 0 Å². The number of carbonyl (C=O) groups is 1. The Bertz CT molecular complexity index is 399. The van der Waals surface area contributed by atoms with Crippen LogP contribution < -0.4 is 0 Å². The van der Waals surface area contributed by atoms with Gasteiger partial charge in [-0.25, -0.2) is 0 Å². The first-order chi connectivity index (χ1) is 7.99. The minimum Gasteiger partial charge on any atom is -0.385 e. The third kappa shape index (κ3) is 2.72. The van der Waals surface area contributed by atoms with Crippen LogP contribution in [0.4, 0.5) is 0 Å². The number of ketones is 1. The molecule has 1 fully saturated rings. The number of rotatable bonds is 2. The highest BCUT2D eigenvalue weighted by Crippen LogP contribution is 2.28. The lowest BCUT2D eigenvalue weighted by molar-refractivity contribution is -0.271. The van der Waals surface area contributed by atoms with E-state index in [9.17, 15) is 9.90 Å². The summed E-state index contributed by atoms with van der Waals surface area (Å²) in [6, 6.07) is 9.02. The van der Waals surface area contributed by atoms with E-state index in [1.165, 1.54) is 0 Å². The van der Waals surface area contributed by atoms with Crippen LogP contribution in [0.3, 0.4) is 0 Å². The van der Waals surface area contributed by atoms with Crippen LogP contribution in [0.5, 0.6) is 0 Å². The van der Waals surface area contributed by atoms with Crippen LogP contribution in [0.25, 0.3) is 0 Å². The lowest BCUT2D eigenvalue weighted by Gasteiger charge is -2.36. The minimum atomic E-state index is -0.952. The Morgan fingerprint density at radius 2 is 2.00 bits per heavy atom. The van der Waals surface area contributed by atoms with Crippen LogP contribution in [-0.4, -0.2) is 29.4 Å². The van der Waals surface area contributed by atoms with Gasteiger partial charge in [0.05, 0.1) is 0 Å². The summed E-state index contributed by atoms with van der Waals surface area (Å²) in [6.07, 6.45) is -1.81. The molecule has 0 aliphatic carbocycles. The van der Waals surface area contributed by atoms with Gasteiger partial charge in [-0.15, -0.1) is 0 Å². The van der Waals surface area contributed by atoms with Crippen molar-refractivity contribution < 1.29 is 19.4 Å². The number of aliphatic hydroxyl groups is 1. The van der Waals surface area contributed by atoms with Gasteiger partial charge in [-0.05, 0) is 19.4 Å². The summed E-state index contributed by atoms with van der Waals surface area (Å²) in [4.78, 5) is 11.7. The molecule has 2 rings (SSSR count). The summed E-state index contributed by atoms with van der Waals surface area (Å²) in [6.45, 7) is 3.43. The van der Waals surface area contributed by atoms with Crippen molar-refractivity contribution in [3.8, 4) is 0 Å². The molecule has 1 aromatic carbocycles. The predicted octanol–water partition coefficient (Wildman–Crippen LogP) is 1.44. The van der Waals surface area contributed by atoms with E-state index in [2.05, 4.69) is 0 Å². The van der Waals surface area contributed by atoms with E-state index >= 15 is 0 Å². The number of ether oxygens (including phenoxy) is 2. The standard InChI is InChI=1S/C13H16O4/c1-13(2)16-8-10(14)12(17-13)11(15)9-6-4-3-5-7-9/h3-7,11-12,15H,8H2,1-2H3/t11-,12?/m0/s1. The highest BCUT2D eigenvalue weighted by atomic mass is 16.7. The molecule has 1 unspecified atom stereocenters. The van der Waals surface area contributed by atoms with Gasteiger partial charge in [0, 0.05) is 0 Å². The van der Waals surface area contributed by atoms with E-state index in [1.807, 2.05) is 18.2 Å². The van der Waals surface area contributed by atoms with Crippen molar-refractivity contribution in [1.82, 2.24) is 0 Å². The number of Topliss-reactive ketones (excluding diaryl/α,β-unsaturated/α-hetero) is 1. The van der Waals surface area contributed by atoms with Crippen molar-refractivity contribution >= 4 is 5.78 Å². The molecule has 1 N–H and O–H groups in total. The second-order valence-corrected chi connectivity index (χ2v) is 4.55. The average molecular weight is 236 g/mol. The van der Waals surface area contributed by atoms with E-state index in [4.69, 9.17) is 9.47 Å². The summed E-state index contributed by atoms with van der Waals surface area (Å²) < 4.78 is 10.7. The number of hydrogen-bond acceptors (Lipinski definition) is 4. The van der Waals surface area contributed by atoms with Gasteiger partial charge >= 0.3 is 0 Å². The molecule has 0 saturated carbocycles. The Morgan fingerprint density at radius 3 is 2.65 bits per heavy atom. The van der Waals surface area contributed by atoms with Crippen molar-refractivity contribution in [2.75, 3.05) is 6.61 Å². The molecule has 92 valence electrons. The maximum absolute atomic E-state index is 11.7. The second kappa shape index (κ2) is 4.56. The Hall–Kier alpha value is -1.23. The van der Waals surface area contributed by atoms with Crippen LogP contribution >= 0.6 is 0 Å². The molecule has 0 spiro atoms. The van der Waals surface area contributed by atoms with Crippen LogP contribution in [0.2, 0.25) is 0 Å². The summed E-state index contributed by atoms with van der Waals surface area (Å²) in [5.41, 5.74) is 0.670. The maximum atomic E-state index is 11.7. The zero-order chi connectivity index (χ0) is 12.5. The SMILES string of the molecule is CC1(C)OCC(=O)C([C@@H](O)c2ccccc2)O1. The monoisotopic (exact) mass is 236 g/mol. The topological polar surface area (TPSA) is 55.8 Å². The van der Waals surface area contributed by atoms with Gasteiger partial charge in [-0.2, -0.15) is 0 Å². The van der Waals surface area contributed by atoms with Crippen molar-refractivity contribution in [2.45, 2.75) is 31.8 Å². The molecule has 4 heteroatoms. The molecule has 1 saturated heterocycles. The molecule has 1 aromatic rings. The Labute approximate surface area is 100 Å². The fourth-order valence-corrected chi connectivity index (χ4v) is 1.80. The summed E-state index contributed by atoms with van der Waals surface area (Å²) >= 11 is 0. The van der Waals surface area contributed by atoms with Crippen molar-refractivity contribution in [3.63, 3.8) is 0 Å². The number of carbonyl (C=O) groups excluding carboxylic acids is 1. The Morgan fingerprint density at radius 1 is 1.35 bits per heavy atom. The molecular formula is C13H16O4. The van der Waals surface area contributed by atoms with Gasteiger partial charge < -0.3 is 14.6 Å². The molecule has 17 heavy (non-hydrogen) atoms. The highest BCUT2D eigenvalue weighted by molar-refractivity contribution is 5.85. The fourth-order valence-electron chi connectivity index (χ4n) is 1.80. The molecule has 4 nitrogen and oxygen atoms in total. The summed E-state index contributed by atoms with van der Waals surface area (Å²) in [5.74, 6) is -1.07. The zero-order valence-electron chi connectivity index (χ0n) is 9.92. The Balaban J connectivity index is 2.18. The molecule has 1 heterocycles. The van der Waals surface area contributed by atoms with Gasteiger partial charge in [0.2, 0.25) is 0 Å². The van der Waals surface area contributed by atoms with Crippen LogP contribution in [0.15, 0.2) is 30.3 Å². The van der Waals surface area contributed by atoms with Gasteiger partial charge in [-0.1, -0.05) is 30.3 Å². The van der Waals surface area contributed by atoms with Gasteiger partial charge in [0.1, 0.15) is 12.7 Å². The number of benzene rings is 1. The molecule has 1 aliphatic rings. The fraction of sp³-hybridized carbons (Fsp3) is 0.462. The first-order valence-electron chi connectivity index (χ1n) is 5.57. The molecule has 0 bridgehead atoms. The van der Waals surface area contributed by atoms with Gasteiger partial charge in [-0.3, -0.25) is 4.79 Å². The quantitative estimate of drug-likeness (QED) is 0.844. The molecule has 1 aliphatic heterocycles. The van der Waals surface area contributed by atoms with E-state index < -0.39 is 18.0 Å². The minimum absolute atomic E-state index is 0.0262. The molecule has 0 amide bonds. The maximum Gasteiger partial charge on any atom is 0.190 e. The van der Waals surface area contributed by atoms with E-state index in [1.54, 1.807) is 26.0 Å². The second-order valence-electron chi connectivity index (χ2n) is 4.55. The van der Waals surface area contributed by atoms with Gasteiger partial charge in [0.15, 0.2) is 17.7 Å². The lowest BCUT2D eigenvalue weighted by Crippen LogP contribution is -2.48. The molecule has 0 radical (unpaired) electrons. The van der Waals surface area contributed by atoms with Crippen molar-refractivity contribution in [1.29, 1.82) is 0 Å². The van der Waals surface area contributed by atoms with Gasteiger partial charge in [0.25, 0.3) is 0 Å². The number of hydrogen-bond donors (Lipinski definition) is 1. The largest absolute Gasteiger partial charge is 0.385 e. The average Bonchev–Trinajstić information content (AvgIpc) is 2.33.